The Morgan fingerprint density at radius 3 is 2.55 bits per heavy atom. The summed E-state index contributed by atoms with van der Waals surface area (Å²) in [5, 5.41) is 0.524. The number of halogens is 1. The normalized spacial score (nSPS) is 18.0. The summed E-state index contributed by atoms with van der Waals surface area (Å²) in [6.45, 7) is 6.22. The number of carbonyl (C=O) groups excluding carboxylic acids is 1. The lowest BCUT2D eigenvalue weighted by atomic mass is 9.94. The highest BCUT2D eigenvalue weighted by Crippen LogP contribution is 2.38. The molecule has 1 unspecified atom stereocenters. The van der Waals surface area contributed by atoms with Gasteiger partial charge >= 0.3 is 5.97 Å². The summed E-state index contributed by atoms with van der Waals surface area (Å²) in [6, 6.07) is 8.99. The van der Waals surface area contributed by atoms with Crippen LogP contribution in [0.2, 0.25) is 5.02 Å². The monoisotopic (exact) mass is 290 g/mol. The quantitative estimate of drug-likeness (QED) is 0.726. The Bertz CT molecular complexity index is 679. The maximum atomic E-state index is 11.9. The first-order valence-corrected chi connectivity index (χ1v) is 6.85. The summed E-state index contributed by atoms with van der Waals surface area (Å²) in [5.41, 5.74) is 1.23. The smallest absolute Gasteiger partial charge is 0.339 e. The minimum Gasteiger partial charge on any atom is -0.461 e. The maximum Gasteiger partial charge on any atom is 0.339 e. The molecule has 2 aromatic rings. The fraction of sp³-hybridized carbons (Fsp3) is 0.312. The van der Waals surface area contributed by atoms with Crippen LogP contribution in [0.15, 0.2) is 34.7 Å². The van der Waals surface area contributed by atoms with Gasteiger partial charge in [0.15, 0.2) is 6.10 Å². The SMILES string of the molecule is CC(C)(C)c1ccc(C2OC(=O)c3cc(Cl)ccc32)o1. The third kappa shape index (κ3) is 2.12. The summed E-state index contributed by atoms with van der Waals surface area (Å²) in [5.74, 6) is 1.15. The molecule has 0 N–H and O–H groups in total. The third-order valence-electron chi connectivity index (χ3n) is 3.37. The van der Waals surface area contributed by atoms with Crippen molar-refractivity contribution in [3.8, 4) is 0 Å². The van der Waals surface area contributed by atoms with Crippen molar-refractivity contribution < 1.29 is 13.9 Å². The standard InChI is InChI=1S/C16H15ClO3/c1-16(2,3)13-7-6-12(19-13)14-10-5-4-9(17)8-11(10)15(18)20-14/h4-8,14H,1-3H3. The molecule has 1 aliphatic heterocycles. The molecule has 0 saturated carbocycles. The van der Waals surface area contributed by atoms with Gasteiger partial charge in [0.05, 0.1) is 5.56 Å². The molecule has 1 aromatic heterocycles. The van der Waals surface area contributed by atoms with Crippen LogP contribution in [0.3, 0.4) is 0 Å². The van der Waals surface area contributed by atoms with E-state index in [-0.39, 0.29) is 11.4 Å². The minimum absolute atomic E-state index is 0.0797. The number of fused-ring (bicyclic) bond motifs is 1. The second-order valence-corrected chi connectivity index (χ2v) is 6.41. The maximum absolute atomic E-state index is 11.9. The highest BCUT2D eigenvalue weighted by atomic mass is 35.5. The van der Waals surface area contributed by atoms with Crippen LogP contribution in [0.25, 0.3) is 0 Å². The lowest BCUT2D eigenvalue weighted by Gasteiger charge is -2.15. The minimum atomic E-state index is -0.481. The number of rotatable bonds is 1. The number of cyclic esters (lactones) is 1. The molecule has 0 aliphatic carbocycles. The van der Waals surface area contributed by atoms with E-state index in [0.717, 1.165) is 11.3 Å². The molecular weight excluding hydrogens is 276 g/mol. The van der Waals surface area contributed by atoms with Crippen LogP contribution in [0.4, 0.5) is 0 Å². The van der Waals surface area contributed by atoms with E-state index >= 15 is 0 Å². The van der Waals surface area contributed by atoms with Crippen molar-refractivity contribution in [2.75, 3.05) is 0 Å². The Morgan fingerprint density at radius 2 is 1.90 bits per heavy atom. The lowest BCUT2D eigenvalue weighted by molar-refractivity contribution is 0.0417. The molecule has 1 aromatic carbocycles. The first-order valence-electron chi connectivity index (χ1n) is 6.47. The number of hydrogen-bond acceptors (Lipinski definition) is 3. The van der Waals surface area contributed by atoms with Crippen molar-refractivity contribution >= 4 is 17.6 Å². The summed E-state index contributed by atoms with van der Waals surface area (Å²) in [4.78, 5) is 11.9. The van der Waals surface area contributed by atoms with Crippen LogP contribution in [0.5, 0.6) is 0 Å². The van der Waals surface area contributed by atoms with Crippen molar-refractivity contribution in [2.45, 2.75) is 32.3 Å². The Hall–Kier alpha value is -1.74. The van der Waals surface area contributed by atoms with E-state index in [2.05, 4.69) is 20.8 Å². The molecule has 0 bridgehead atoms. The van der Waals surface area contributed by atoms with E-state index in [1.165, 1.54) is 0 Å². The van der Waals surface area contributed by atoms with E-state index in [9.17, 15) is 4.79 Å². The molecule has 0 radical (unpaired) electrons. The number of carbonyl (C=O) groups is 1. The molecular formula is C16H15ClO3. The van der Waals surface area contributed by atoms with E-state index in [1.54, 1.807) is 12.1 Å². The topological polar surface area (TPSA) is 39.4 Å². The molecule has 104 valence electrons. The molecule has 0 saturated heterocycles. The van der Waals surface area contributed by atoms with E-state index in [1.807, 2.05) is 18.2 Å². The Labute approximate surface area is 122 Å². The zero-order valence-corrected chi connectivity index (χ0v) is 12.3. The van der Waals surface area contributed by atoms with Gasteiger partial charge in [-0.15, -0.1) is 0 Å². The predicted molar refractivity (Wildman–Crippen MR) is 76.1 cm³/mol. The van der Waals surface area contributed by atoms with Gasteiger partial charge in [-0.2, -0.15) is 0 Å². The van der Waals surface area contributed by atoms with Gasteiger partial charge in [0, 0.05) is 16.0 Å². The summed E-state index contributed by atoms with van der Waals surface area (Å²) in [6.07, 6.45) is -0.481. The van der Waals surface area contributed by atoms with E-state index in [4.69, 9.17) is 20.8 Å². The molecule has 3 nitrogen and oxygen atoms in total. The Balaban J connectivity index is 2.02. The van der Waals surface area contributed by atoms with Gasteiger partial charge in [0.25, 0.3) is 0 Å². The molecule has 2 heterocycles. The van der Waals surface area contributed by atoms with Crippen molar-refractivity contribution in [1.82, 2.24) is 0 Å². The zero-order chi connectivity index (χ0) is 14.5. The summed E-state index contributed by atoms with van der Waals surface area (Å²) < 4.78 is 11.3. The predicted octanol–water partition coefficient (Wildman–Crippen LogP) is 4.49. The van der Waals surface area contributed by atoms with Crippen molar-refractivity contribution in [2.24, 2.45) is 0 Å². The van der Waals surface area contributed by atoms with Crippen molar-refractivity contribution in [3.63, 3.8) is 0 Å². The number of furan rings is 1. The molecule has 1 atom stereocenters. The first-order chi connectivity index (χ1) is 9.36. The largest absolute Gasteiger partial charge is 0.461 e. The van der Waals surface area contributed by atoms with Crippen LogP contribution in [-0.2, 0) is 10.2 Å². The fourth-order valence-electron chi connectivity index (χ4n) is 2.28. The molecule has 20 heavy (non-hydrogen) atoms. The molecule has 0 amide bonds. The zero-order valence-electron chi connectivity index (χ0n) is 11.6. The van der Waals surface area contributed by atoms with Crippen molar-refractivity contribution in [3.05, 3.63) is 58.0 Å². The van der Waals surface area contributed by atoms with E-state index < -0.39 is 6.10 Å². The molecule has 0 spiro atoms. The molecule has 3 rings (SSSR count). The van der Waals surface area contributed by atoms with Gasteiger partial charge in [0.2, 0.25) is 0 Å². The highest BCUT2D eigenvalue weighted by Gasteiger charge is 2.35. The number of esters is 1. The van der Waals surface area contributed by atoms with Crippen LogP contribution in [-0.4, -0.2) is 5.97 Å². The fourth-order valence-corrected chi connectivity index (χ4v) is 2.45. The van der Waals surface area contributed by atoms with Crippen LogP contribution in [0.1, 0.15) is 54.3 Å². The molecule has 1 aliphatic rings. The van der Waals surface area contributed by atoms with Gasteiger partial charge in [-0.1, -0.05) is 38.4 Å². The average molecular weight is 291 g/mol. The van der Waals surface area contributed by atoms with Crippen LogP contribution >= 0.6 is 11.6 Å². The Kier molecular flexibility index (Phi) is 2.91. The third-order valence-corrected chi connectivity index (χ3v) is 3.60. The van der Waals surface area contributed by atoms with Gasteiger partial charge in [-0.3, -0.25) is 0 Å². The second-order valence-electron chi connectivity index (χ2n) is 5.97. The number of hydrogen-bond donors (Lipinski definition) is 0. The van der Waals surface area contributed by atoms with Gasteiger partial charge in [-0.05, 0) is 24.3 Å². The molecule has 0 fully saturated rings. The van der Waals surface area contributed by atoms with Gasteiger partial charge in [-0.25, -0.2) is 4.79 Å². The lowest BCUT2D eigenvalue weighted by Crippen LogP contribution is -2.09. The first kappa shape index (κ1) is 13.3. The number of ether oxygens (including phenoxy) is 1. The number of benzene rings is 1. The van der Waals surface area contributed by atoms with Gasteiger partial charge in [0.1, 0.15) is 11.5 Å². The highest BCUT2D eigenvalue weighted by molar-refractivity contribution is 6.31. The Morgan fingerprint density at radius 1 is 1.15 bits per heavy atom. The second kappa shape index (κ2) is 4.38. The molecule has 4 heteroatoms. The van der Waals surface area contributed by atoms with E-state index in [0.29, 0.717) is 16.3 Å². The summed E-state index contributed by atoms with van der Waals surface area (Å²) >= 11 is 5.92. The average Bonchev–Trinajstić information content (AvgIpc) is 2.94. The van der Waals surface area contributed by atoms with Crippen LogP contribution in [0, 0.1) is 0 Å². The van der Waals surface area contributed by atoms with Crippen molar-refractivity contribution in [1.29, 1.82) is 0 Å². The van der Waals surface area contributed by atoms with Gasteiger partial charge < -0.3 is 9.15 Å². The summed E-state index contributed by atoms with van der Waals surface area (Å²) in [7, 11) is 0. The van der Waals surface area contributed by atoms with Crippen LogP contribution < -0.4 is 0 Å².